The van der Waals surface area contributed by atoms with E-state index in [0.29, 0.717) is 5.02 Å². The van der Waals surface area contributed by atoms with Crippen LogP contribution in [0.4, 0.5) is 11.4 Å². The van der Waals surface area contributed by atoms with E-state index in [4.69, 9.17) is 28.2 Å². The zero-order valence-electron chi connectivity index (χ0n) is 13.8. The Morgan fingerprint density at radius 1 is 0.808 bits per heavy atom. The van der Waals surface area contributed by atoms with E-state index in [1.807, 2.05) is 60.7 Å². The number of phenolic OH excluding ortho intramolecular Hbond substituents is 1. The fourth-order valence-electron chi connectivity index (χ4n) is 3.09. The van der Waals surface area contributed by atoms with Crippen LogP contribution in [0.5, 0.6) is 5.75 Å². The number of anilines is 1. The number of nitrogens with zero attached hydrogens (tertiary/aromatic N) is 2. The van der Waals surface area contributed by atoms with Gasteiger partial charge in [0.2, 0.25) is 0 Å². The van der Waals surface area contributed by atoms with E-state index < -0.39 is 0 Å². The van der Waals surface area contributed by atoms with Crippen LogP contribution in [0.1, 0.15) is 18.0 Å². The van der Waals surface area contributed by atoms with Gasteiger partial charge in [-0.2, -0.15) is 0 Å². The molecule has 130 valence electrons. The van der Waals surface area contributed by atoms with E-state index in [1.165, 1.54) is 5.56 Å². The molecule has 26 heavy (non-hydrogen) atoms. The first-order valence-electron chi connectivity index (χ1n) is 8.27. The monoisotopic (exact) mass is 382 g/mol. The Hall–Kier alpha value is -2.49. The lowest BCUT2D eigenvalue weighted by Gasteiger charge is -2.44. The van der Waals surface area contributed by atoms with Crippen molar-refractivity contribution < 1.29 is 5.11 Å². The summed E-state index contributed by atoms with van der Waals surface area (Å²) in [5.41, 5.74) is 3.03. The molecule has 1 fully saturated rings. The first-order valence-corrected chi connectivity index (χ1v) is 9.02. The van der Waals surface area contributed by atoms with Gasteiger partial charge in [-0.25, -0.2) is 4.99 Å². The van der Waals surface area contributed by atoms with Crippen LogP contribution in [0, 0.1) is 0 Å². The lowest BCUT2D eigenvalue weighted by Crippen LogP contribution is -2.46. The summed E-state index contributed by atoms with van der Waals surface area (Å²) in [6.07, 6.45) is 0.825. The molecule has 1 N–H and O–H groups in total. The molecule has 4 rings (SSSR count). The highest BCUT2D eigenvalue weighted by Crippen LogP contribution is 2.41. The van der Waals surface area contributed by atoms with Crippen molar-refractivity contribution >= 4 is 40.4 Å². The molecule has 0 aliphatic carbocycles. The number of aromatic hydroxyl groups is 1. The van der Waals surface area contributed by atoms with Crippen molar-refractivity contribution in [3.8, 4) is 5.75 Å². The third-order valence-electron chi connectivity index (χ3n) is 4.43. The molecule has 1 atom stereocenters. The SMILES string of the molecule is Oc1ccc(N2C(=Nc3ccc(Cl)cc3)CC2c2ccc(Cl)cc2)cc1. The Morgan fingerprint density at radius 3 is 2.00 bits per heavy atom. The molecule has 0 radical (unpaired) electrons. The molecule has 1 saturated heterocycles. The molecule has 5 heteroatoms. The summed E-state index contributed by atoms with van der Waals surface area (Å²) >= 11 is 12.0. The van der Waals surface area contributed by atoms with Gasteiger partial charge in [0.25, 0.3) is 0 Å². The Kier molecular flexibility index (Phi) is 4.58. The number of aliphatic imine (C=N–C) groups is 1. The zero-order chi connectivity index (χ0) is 18.1. The minimum Gasteiger partial charge on any atom is -0.508 e. The van der Waals surface area contributed by atoms with E-state index in [0.717, 1.165) is 28.7 Å². The number of hydrogen-bond acceptors (Lipinski definition) is 2. The van der Waals surface area contributed by atoms with Crippen LogP contribution in [0.25, 0.3) is 0 Å². The van der Waals surface area contributed by atoms with Gasteiger partial charge in [-0.15, -0.1) is 0 Å². The van der Waals surface area contributed by atoms with E-state index in [1.54, 1.807) is 12.1 Å². The van der Waals surface area contributed by atoms with Crippen LogP contribution < -0.4 is 4.90 Å². The average molecular weight is 383 g/mol. The molecular weight excluding hydrogens is 367 g/mol. The van der Waals surface area contributed by atoms with Crippen molar-refractivity contribution in [2.45, 2.75) is 12.5 Å². The highest BCUT2D eigenvalue weighted by atomic mass is 35.5. The highest BCUT2D eigenvalue weighted by Gasteiger charge is 2.36. The second kappa shape index (κ2) is 7.02. The smallest absolute Gasteiger partial charge is 0.115 e. The minimum atomic E-state index is 0.183. The van der Waals surface area contributed by atoms with E-state index in [2.05, 4.69) is 4.90 Å². The maximum atomic E-state index is 9.59. The lowest BCUT2D eigenvalue weighted by molar-refractivity contribution is 0.475. The zero-order valence-corrected chi connectivity index (χ0v) is 15.3. The maximum Gasteiger partial charge on any atom is 0.115 e. The summed E-state index contributed by atoms with van der Waals surface area (Å²) in [7, 11) is 0. The van der Waals surface area contributed by atoms with Gasteiger partial charge in [0.1, 0.15) is 11.6 Å². The largest absolute Gasteiger partial charge is 0.508 e. The topological polar surface area (TPSA) is 35.8 Å². The van der Waals surface area contributed by atoms with E-state index in [9.17, 15) is 5.11 Å². The van der Waals surface area contributed by atoms with Gasteiger partial charge in [-0.05, 0) is 66.2 Å². The summed E-state index contributed by atoms with van der Waals surface area (Å²) in [6, 6.07) is 22.7. The Bertz CT molecular complexity index is 935. The van der Waals surface area contributed by atoms with Crippen molar-refractivity contribution in [2.24, 2.45) is 4.99 Å². The quantitative estimate of drug-likeness (QED) is 0.570. The van der Waals surface area contributed by atoms with Crippen LogP contribution in [0.2, 0.25) is 10.0 Å². The van der Waals surface area contributed by atoms with Gasteiger partial charge in [0, 0.05) is 22.2 Å². The molecule has 3 aromatic carbocycles. The normalized spacial score (nSPS) is 18.0. The summed E-state index contributed by atoms with van der Waals surface area (Å²) in [4.78, 5) is 6.95. The van der Waals surface area contributed by atoms with Crippen LogP contribution in [-0.4, -0.2) is 10.9 Å². The predicted octanol–water partition coefficient (Wildman–Crippen LogP) is 6.38. The number of hydrogen-bond donors (Lipinski definition) is 1. The Balaban J connectivity index is 1.69. The molecule has 0 spiro atoms. The van der Waals surface area contributed by atoms with Gasteiger partial charge in [-0.3, -0.25) is 0 Å². The average Bonchev–Trinajstić information content (AvgIpc) is 2.63. The third-order valence-corrected chi connectivity index (χ3v) is 4.94. The minimum absolute atomic E-state index is 0.183. The molecule has 3 nitrogen and oxygen atoms in total. The molecule has 0 bridgehead atoms. The van der Waals surface area contributed by atoms with Gasteiger partial charge in [0.05, 0.1) is 11.7 Å². The van der Waals surface area contributed by atoms with Crippen LogP contribution in [0.3, 0.4) is 0 Å². The standard InChI is InChI=1S/C21H16Cl2N2O/c22-15-3-1-14(2-4-15)20-13-21(24-17-7-5-16(23)6-8-17)25(20)18-9-11-19(26)12-10-18/h1-12,20,26H,13H2. The molecule has 1 unspecified atom stereocenters. The number of phenols is 1. The second-order valence-electron chi connectivity index (χ2n) is 6.16. The summed E-state index contributed by atoms with van der Waals surface area (Å²) < 4.78 is 0. The second-order valence-corrected chi connectivity index (χ2v) is 7.04. The summed E-state index contributed by atoms with van der Waals surface area (Å²) in [5.74, 6) is 1.21. The van der Waals surface area contributed by atoms with Crippen molar-refractivity contribution in [3.05, 3.63) is 88.4 Å². The van der Waals surface area contributed by atoms with Gasteiger partial charge in [0.15, 0.2) is 0 Å². The fraction of sp³-hybridized carbons (Fsp3) is 0.0952. The van der Waals surface area contributed by atoms with Crippen LogP contribution in [0.15, 0.2) is 77.8 Å². The number of halogens is 2. The van der Waals surface area contributed by atoms with Crippen molar-refractivity contribution in [3.63, 3.8) is 0 Å². The van der Waals surface area contributed by atoms with Crippen LogP contribution in [-0.2, 0) is 0 Å². The summed E-state index contributed by atoms with van der Waals surface area (Å²) in [5, 5.41) is 11.0. The lowest BCUT2D eigenvalue weighted by atomic mass is 9.92. The number of amidine groups is 1. The molecule has 1 aliphatic rings. The van der Waals surface area contributed by atoms with Crippen molar-refractivity contribution in [2.75, 3.05) is 4.90 Å². The van der Waals surface area contributed by atoms with Gasteiger partial charge in [-0.1, -0.05) is 35.3 Å². The van der Waals surface area contributed by atoms with Crippen LogP contribution >= 0.6 is 23.2 Å². The molecule has 0 amide bonds. The Labute approximate surface area is 162 Å². The maximum absolute atomic E-state index is 9.59. The Morgan fingerprint density at radius 2 is 1.38 bits per heavy atom. The molecule has 1 aliphatic heterocycles. The van der Waals surface area contributed by atoms with E-state index >= 15 is 0 Å². The molecule has 1 heterocycles. The van der Waals surface area contributed by atoms with Crippen molar-refractivity contribution in [1.82, 2.24) is 0 Å². The fourth-order valence-corrected chi connectivity index (χ4v) is 3.34. The van der Waals surface area contributed by atoms with Gasteiger partial charge < -0.3 is 10.0 Å². The van der Waals surface area contributed by atoms with E-state index in [-0.39, 0.29) is 11.8 Å². The molecule has 0 saturated carbocycles. The molecule has 3 aromatic rings. The van der Waals surface area contributed by atoms with Crippen molar-refractivity contribution in [1.29, 1.82) is 0 Å². The first-order chi connectivity index (χ1) is 12.6. The predicted molar refractivity (Wildman–Crippen MR) is 108 cm³/mol. The molecular formula is C21H16Cl2N2O. The number of rotatable bonds is 3. The van der Waals surface area contributed by atoms with Gasteiger partial charge >= 0.3 is 0 Å². The third kappa shape index (κ3) is 3.41. The highest BCUT2D eigenvalue weighted by molar-refractivity contribution is 6.30. The first kappa shape index (κ1) is 17.0. The summed E-state index contributed by atoms with van der Waals surface area (Å²) in [6.45, 7) is 0. The molecule has 0 aromatic heterocycles. The number of benzene rings is 3.